The first kappa shape index (κ1) is 22.4. The summed E-state index contributed by atoms with van der Waals surface area (Å²) in [6, 6.07) is 0. The van der Waals surface area contributed by atoms with Crippen molar-refractivity contribution in [3.63, 3.8) is 0 Å². The van der Waals surface area contributed by atoms with Crippen LogP contribution in [-0.4, -0.2) is 31.4 Å². The van der Waals surface area contributed by atoms with E-state index in [1.54, 1.807) is 0 Å². The number of hydrogen-bond acceptors (Lipinski definition) is 3. The Morgan fingerprint density at radius 3 is 1.30 bits per heavy atom. The van der Waals surface area contributed by atoms with Gasteiger partial charge in [0.1, 0.15) is 0 Å². The maximum atomic E-state index is 8.89. The van der Waals surface area contributed by atoms with E-state index in [9.17, 15) is 0 Å². The topological polar surface area (TPSA) is 70.1 Å². The quantitative estimate of drug-likeness (QED) is 0.286. The molecule has 0 amide bonds. The number of carbonyl (C=O) groups is 1. The largest absolute Gasteiger partial charge is 1.00 e. The fourth-order valence-electron chi connectivity index (χ4n) is 0. The molecule has 58 valence electrons. The normalized spacial score (nSPS) is 6.10. The molecular weight excluding hydrogens is 162 g/mol. The van der Waals surface area contributed by atoms with Crippen LogP contribution < -0.4 is 34.7 Å². The molecule has 0 aliphatic rings. The maximum Gasteiger partial charge on any atom is 1.00 e. The summed E-state index contributed by atoms with van der Waals surface area (Å²) in [6.07, 6.45) is 0. The average molecular weight is 176 g/mol. The minimum Gasteiger partial charge on any atom is -0.870 e. The Morgan fingerprint density at radius 2 is 1.30 bits per heavy atom. The first-order valence-electron chi connectivity index (χ1n) is 2.41. The minimum absolute atomic E-state index is 0. The van der Waals surface area contributed by atoms with Gasteiger partial charge in [0.2, 0.25) is 0 Å². The van der Waals surface area contributed by atoms with Gasteiger partial charge in [0.25, 0.3) is 0 Å². The molecule has 10 heavy (non-hydrogen) atoms. The van der Waals surface area contributed by atoms with Crippen molar-refractivity contribution < 1.29 is 44.9 Å². The molecule has 0 atom stereocenters. The predicted molar refractivity (Wildman–Crippen MR) is 38.7 cm³/mol. The van der Waals surface area contributed by atoms with E-state index >= 15 is 0 Å². The molecule has 5 heteroatoms. The van der Waals surface area contributed by atoms with Gasteiger partial charge in [0.05, 0.1) is 0 Å². The van der Waals surface area contributed by atoms with Crippen molar-refractivity contribution in [2.24, 2.45) is 0 Å². The van der Waals surface area contributed by atoms with E-state index in [1.807, 2.05) is 0 Å². The standard InChI is InChI=1S/C3H9P.C2H4O2.Na.H2O/c1-4(2)3;1-2(3)4;;/h1-3H3;1H3,(H,3,4);;1H2/q;;+1;/p-1. The molecule has 3 nitrogen and oxygen atoms in total. The van der Waals surface area contributed by atoms with Crippen LogP contribution in [0.4, 0.5) is 0 Å². The summed E-state index contributed by atoms with van der Waals surface area (Å²) in [6.45, 7) is 7.78. The summed E-state index contributed by atoms with van der Waals surface area (Å²) < 4.78 is 0. The van der Waals surface area contributed by atoms with Crippen LogP contribution in [0, 0.1) is 0 Å². The van der Waals surface area contributed by atoms with E-state index in [0.29, 0.717) is 0 Å². The molecule has 0 spiro atoms. The first-order valence-corrected chi connectivity index (χ1v) is 5.41. The zero-order chi connectivity index (χ0) is 7.15. The zero-order valence-electron chi connectivity index (χ0n) is 7.26. The zero-order valence-corrected chi connectivity index (χ0v) is 10.3. The molecule has 0 fully saturated rings. The fourth-order valence-corrected chi connectivity index (χ4v) is 0. The third-order valence-electron chi connectivity index (χ3n) is 0. The van der Waals surface area contributed by atoms with Crippen LogP contribution in [0.15, 0.2) is 0 Å². The SMILES string of the molecule is CC(=O)[O-].C[PH+](C)C.[Na+].[OH-]. The van der Waals surface area contributed by atoms with Crippen LogP contribution in [0.5, 0.6) is 0 Å². The molecule has 0 bridgehead atoms. The van der Waals surface area contributed by atoms with Gasteiger partial charge >= 0.3 is 29.6 Å². The van der Waals surface area contributed by atoms with Crippen LogP contribution in [0.3, 0.4) is 0 Å². The molecule has 0 rings (SSSR count). The molecular formula is C5H14NaO3P. The summed E-state index contributed by atoms with van der Waals surface area (Å²) in [4.78, 5) is 8.89. The third kappa shape index (κ3) is 740. The molecule has 0 aromatic heterocycles. The Balaban J connectivity index is -0.0000000300. The number of carbonyl (C=O) groups excluding carboxylic acids is 1. The minimum atomic E-state index is -1.08. The molecule has 0 radical (unpaired) electrons. The van der Waals surface area contributed by atoms with E-state index in [4.69, 9.17) is 9.90 Å². The maximum absolute atomic E-state index is 8.89. The third-order valence-corrected chi connectivity index (χ3v) is 0. The van der Waals surface area contributed by atoms with Gasteiger partial charge in [-0.2, -0.15) is 0 Å². The Kier molecular flexibility index (Phi) is 36.9. The summed E-state index contributed by atoms with van der Waals surface area (Å²) in [7, 11) is 0.120. The fraction of sp³-hybridized carbons (Fsp3) is 0.800. The van der Waals surface area contributed by atoms with E-state index < -0.39 is 5.97 Å². The molecule has 0 aliphatic carbocycles. The summed E-state index contributed by atoms with van der Waals surface area (Å²) in [5.74, 6) is -1.08. The van der Waals surface area contributed by atoms with E-state index in [2.05, 4.69) is 20.0 Å². The Hall–Kier alpha value is 0.860. The smallest absolute Gasteiger partial charge is 0.870 e. The second-order valence-corrected chi connectivity index (χ2v) is 4.99. The Morgan fingerprint density at radius 1 is 1.30 bits per heavy atom. The van der Waals surface area contributed by atoms with Gasteiger partial charge in [-0.25, -0.2) is 0 Å². The van der Waals surface area contributed by atoms with Crippen molar-refractivity contribution in [2.45, 2.75) is 6.92 Å². The van der Waals surface area contributed by atoms with Crippen molar-refractivity contribution in [2.75, 3.05) is 20.0 Å². The van der Waals surface area contributed by atoms with Crippen molar-refractivity contribution in [1.82, 2.24) is 0 Å². The van der Waals surface area contributed by atoms with Gasteiger partial charge in [-0.3, -0.25) is 0 Å². The number of carboxylic acids is 1. The van der Waals surface area contributed by atoms with Crippen molar-refractivity contribution in [1.29, 1.82) is 0 Å². The monoisotopic (exact) mass is 176 g/mol. The van der Waals surface area contributed by atoms with Crippen molar-refractivity contribution >= 4 is 13.9 Å². The number of carboxylic acid groups (broad SMARTS) is 1. The van der Waals surface area contributed by atoms with Gasteiger partial charge in [-0.05, 0) is 14.8 Å². The summed E-state index contributed by atoms with van der Waals surface area (Å²) in [5, 5.41) is 8.89. The van der Waals surface area contributed by atoms with E-state index in [-0.39, 0.29) is 43.0 Å². The van der Waals surface area contributed by atoms with Crippen LogP contribution in [-0.2, 0) is 4.79 Å². The van der Waals surface area contributed by atoms with Crippen molar-refractivity contribution in [3.8, 4) is 0 Å². The molecule has 0 unspecified atom stereocenters. The number of hydrogen-bond donors (Lipinski definition) is 0. The molecule has 0 aromatic carbocycles. The van der Waals surface area contributed by atoms with Crippen molar-refractivity contribution in [3.05, 3.63) is 0 Å². The molecule has 0 aliphatic heterocycles. The second kappa shape index (κ2) is 16.4. The van der Waals surface area contributed by atoms with Gasteiger partial charge in [-0.15, -0.1) is 0 Å². The predicted octanol–water partition coefficient (Wildman–Crippen LogP) is -3.33. The van der Waals surface area contributed by atoms with Gasteiger partial charge in [0.15, 0.2) is 0 Å². The van der Waals surface area contributed by atoms with Gasteiger partial charge in [0, 0.05) is 26.0 Å². The van der Waals surface area contributed by atoms with E-state index in [0.717, 1.165) is 6.92 Å². The molecule has 0 saturated carbocycles. The van der Waals surface area contributed by atoms with Crippen LogP contribution in [0.25, 0.3) is 0 Å². The molecule has 0 aromatic rings. The Bertz CT molecular complexity index is 61.2. The summed E-state index contributed by atoms with van der Waals surface area (Å²) in [5.41, 5.74) is 0. The van der Waals surface area contributed by atoms with Gasteiger partial charge in [-0.1, -0.05) is 0 Å². The average Bonchev–Trinajstić information content (AvgIpc) is 1.25. The molecule has 1 N–H and O–H groups in total. The van der Waals surface area contributed by atoms with Gasteiger partial charge < -0.3 is 15.4 Å². The Labute approximate surface area is 85.6 Å². The molecule has 0 heterocycles. The van der Waals surface area contributed by atoms with Crippen LogP contribution in [0.1, 0.15) is 6.92 Å². The van der Waals surface area contributed by atoms with Crippen LogP contribution >= 0.6 is 7.92 Å². The van der Waals surface area contributed by atoms with E-state index in [1.165, 1.54) is 0 Å². The first-order chi connectivity index (χ1) is 3.46. The number of aliphatic carboxylic acids is 1. The summed E-state index contributed by atoms with van der Waals surface area (Å²) >= 11 is 0. The van der Waals surface area contributed by atoms with Crippen LogP contribution in [0.2, 0.25) is 0 Å². The molecule has 0 saturated heterocycles. The number of rotatable bonds is 0. The second-order valence-electron chi connectivity index (χ2n) is 1.99.